The summed E-state index contributed by atoms with van der Waals surface area (Å²) in [6, 6.07) is 4.38. The zero-order chi connectivity index (χ0) is 14.0. The van der Waals surface area contributed by atoms with Crippen molar-refractivity contribution in [1.29, 1.82) is 0 Å². The average Bonchev–Trinajstić information content (AvgIpc) is 2.38. The number of halogens is 1. The third kappa shape index (κ3) is 2.87. The summed E-state index contributed by atoms with van der Waals surface area (Å²) in [5, 5.41) is 9.18. The molecule has 1 saturated heterocycles. The molecule has 1 N–H and O–H groups in total. The molecule has 1 heterocycles. The molecule has 5 heteroatoms. The van der Waals surface area contributed by atoms with Gasteiger partial charge < -0.3 is 14.9 Å². The first kappa shape index (κ1) is 13.8. The maximum Gasteiger partial charge on any atom is 0.337 e. The van der Waals surface area contributed by atoms with Gasteiger partial charge in [-0.1, -0.05) is 6.07 Å². The third-order valence-corrected chi connectivity index (χ3v) is 3.81. The predicted octanol–water partition coefficient (Wildman–Crippen LogP) is 2.05. The molecule has 0 amide bonds. The lowest BCUT2D eigenvalue weighted by Gasteiger charge is -2.37. The summed E-state index contributed by atoms with van der Waals surface area (Å²) in [6.45, 7) is 1.90. The van der Waals surface area contributed by atoms with Crippen molar-refractivity contribution in [3.05, 3.63) is 29.6 Å². The summed E-state index contributed by atoms with van der Waals surface area (Å²) in [5.74, 6) is -1.56. The highest BCUT2D eigenvalue weighted by Crippen LogP contribution is 2.28. The van der Waals surface area contributed by atoms with Crippen molar-refractivity contribution in [1.82, 2.24) is 4.90 Å². The molecule has 0 aromatic heterocycles. The van der Waals surface area contributed by atoms with Crippen LogP contribution in [0.1, 0.15) is 23.2 Å². The lowest BCUT2D eigenvalue weighted by molar-refractivity contribution is 0.0697. The first-order chi connectivity index (χ1) is 9.00. The monoisotopic (exact) mass is 266 g/mol. The molecule has 1 aromatic carbocycles. The SMILES string of the molecule is CN1CCC(N(C)c2c(F)cccc2C(=O)O)CC1. The number of carboxylic acids is 1. The van der Waals surface area contributed by atoms with Gasteiger partial charge in [0.25, 0.3) is 0 Å². The van der Waals surface area contributed by atoms with Crippen LogP contribution < -0.4 is 4.90 Å². The van der Waals surface area contributed by atoms with Gasteiger partial charge in [-0.15, -0.1) is 0 Å². The molecule has 0 unspecified atom stereocenters. The van der Waals surface area contributed by atoms with Gasteiger partial charge in [-0.25, -0.2) is 9.18 Å². The molecule has 19 heavy (non-hydrogen) atoms. The summed E-state index contributed by atoms with van der Waals surface area (Å²) >= 11 is 0. The molecular weight excluding hydrogens is 247 g/mol. The molecule has 1 fully saturated rings. The normalized spacial score (nSPS) is 17.4. The number of anilines is 1. The molecule has 0 aliphatic carbocycles. The molecule has 0 atom stereocenters. The van der Waals surface area contributed by atoms with E-state index in [0.29, 0.717) is 0 Å². The highest BCUT2D eigenvalue weighted by atomic mass is 19.1. The van der Waals surface area contributed by atoms with Crippen LogP contribution in [-0.2, 0) is 0 Å². The molecular formula is C14H19FN2O2. The third-order valence-electron chi connectivity index (χ3n) is 3.81. The average molecular weight is 266 g/mol. The van der Waals surface area contributed by atoms with E-state index in [1.54, 1.807) is 11.9 Å². The van der Waals surface area contributed by atoms with Crippen LogP contribution in [0.15, 0.2) is 18.2 Å². The fourth-order valence-electron chi connectivity index (χ4n) is 2.61. The van der Waals surface area contributed by atoms with Crippen LogP contribution in [0.25, 0.3) is 0 Å². The summed E-state index contributed by atoms with van der Waals surface area (Å²) in [4.78, 5) is 15.2. The number of carboxylic acid groups (broad SMARTS) is 1. The minimum Gasteiger partial charge on any atom is -0.478 e. The fraction of sp³-hybridized carbons (Fsp3) is 0.500. The number of hydrogen-bond donors (Lipinski definition) is 1. The van der Waals surface area contributed by atoms with Gasteiger partial charge in [0.05, 0.1) is 11.3 Å². The molecule has 0 bridgehead atoms. The summed E-state index contributed by atoms with van der Waals surface area (Å²) in [5.41, 5.74) is 0.228. The lowest BCUT2D eigenvalue weighted by Crippen LogP contribution is -2.42. The number of aromatic carboxylic acids is 1. The Morgan fingerprint density at radius 1 is 1.42 bits per heavy atom. The van der Waals surface area contributed by atoms with Crippen molar-refractivity contribution in [3.63, 3.8) is 0 Å². The zero-order valence-corrected chi connectivity index (χ0v) is 11.3. The Morgan fingerprint density at radius 2 is 2.05 bits per heavy atom. The summed E-state index contributed by atoms with van der Waals surface area (Å²) in [6.07, 6.45) is 1.83. The second kappa shape index (κ2) is 5.57. The second-order valence-electron chi connectivity index (χ2n) is 5.09. The van der Waals surface area contributed by atoms with Gasteiger partial charge in [-0.3, -0.25) is 0 Å². The maximum atomic E-state index is 14.0. The van der Waals surface area contributed by atoms with Crippen LogP contribution in [0, 0.1) is 5.82 Å². The van der Waals surface area contributed by atoms with Crippen LogP contribution >= 0.6 is 0 Å². The number of carbonyl (C=O) groups is 1. The molecule has 2 rings (SSSR count). The van der Waals surface area contributed by atoms with Gasteiger partial charge >= 0.3 is 5.97 Å². The van der Waals surface area contributed by atoms with Crippen molar-refractivity contribution in [2.75, 3.05) is 32.1 Å². The molecule has 1 aliphatic heterocycles. The van der Waals surface area contributed by atoms with E-state index in [9.17, 15) is 14.3 Å². The smallest absolute Gasteiger partial charge is 0.337 e. The summed E-state index contributed by atoms with van der Waals surface area (Å²) in [7, 11) is 3.84. The van der Waals surface area contributed by atoms with Gasteiger partial charge in [-0.2, -0.15) is 0 Å². The molecule has 1 aromatic rings. The van der Waals surface area contributed by atoms with Gasteiger partial charge in [0.1, 0.15) is 5.82 Å². The van der Waals surface area contributed by atoms with E-state index in [1.807, 2.05) is 0 Å². The van der Waals surface area contributed by atoms with Crippen LogP contribution in [0.3, 0.4) is 0 Å². The van der Waals surface area contributed by atoms with Crippen molar-refractivity contribution in [2.45, 2.75) is 18.9 Å². The van der Waals surface area contributed by atoms with Crippen LogP contribution in [0.5, 0.6) is 0 Å². The Bertz CT molecular complexity index is 471. The minimum atomic E-state index is -1.09. The Balaban J connectivity index is 2.28. The van der Waals surface area contributed by atoms with E-state index in [2.05, 4.69) is 11.9 Å². The van der Waals surface area contributed by atoms with Gasteiger partial charge in [0.2, 0.25) is 0 Å². The van der Waals surface area contributed by atoms with E-state index in [0.717, 1.165) is 25.9 Å². The van der Waals surface area contributed by atoms with Gasteiger partial charge in [0.15, 0.2) is 0 Å². The Labute approximate surface area is 112 Å². The molecule has 0 saturated carbocycles. The number of benzene rings is 1. The van der Waals surface area contributed by atoms with E-state index in [-0.39, 0.29) is 17.3 Å². The van der Waals surface area contributed by atoms with Crippen molar-refractivity contribution in [2.24, 2.45) is 0 Å². The standard InChI is InChI=1S/C14H19FN2O2/c1-16-8-6-10(7-9-16)17(2)13-11(14(18)19)4-3-5-12(13)15/h3-5,10H,6-9H2,1-2H3,(H,18,19). The van der Waals surface area contributed by atoms with E-state index in [1.165, 1.54) is 18.2 Å². The molecule has 104 valence electrons. The highest BCUT2D eigenvalue weighted by Gasteiger charge is 2.25. The Hall–Kier alpha value is -1.62. The quantitative estimate of drug-likeness (QED) is 0.909. The Kier molecular flexibility index (Phi) is 4.04. The van der Waals surface area contributed by atoms with E-state index in [4.69, 9.17) is 0 Å². The van der Waals surface area contributed by atoms with Crippen LogP contribution in [0.2, 0.25) is 0 Å². The van der Waals surface area contributed by atoms with Gasteiger partial charge in [0, 0.05) is 13.1 Å². The second-order valence-corrected chi connectivity index (χ2v) is 5.09. The van der Waals surface area contributed by atoms with E-state index < -0.39 is 11.8 Å². The van der Waals surface area contributed by atoms with Crippen LogP contribution in [-0.4, -0.2) is 49.2 Å². The van der Waals surface area contributed by atoms with Crippen molar-refractivity contribution < 1.29 is 14.3 Å². The fourth-order valence-corrected chi connectivity index (χ4v) is 2.61. The number of nitrogens with zero attached hydrogens (tertiary/aromatic N) is 2. The maximum absolute atomic E-state index is 14.0. The van der Waals surface area contributed by atoms with Gasteiger partial charge in [-0.05, 0) is 45.1 Å². The molecule has 1 aliphatic rings. The van der Waals surface area contributed by atoms with E-state index >= 15 is 0 Å². The number of rotatable bonds is 3. The molecule has 0 spiro atoms. The lowest BCUT2D eigenvalue weighted by atomic mass is 10.0. The predicted molar refractivity (Wildman–Crippen MR) is 72.3 cm³/mol. The zero-order valence-electron chi connectivity index (χ0n) is 11.3. The number of hydrogen-bond acceptors (Lipinski definition) is 3. The molecule has 4 nitrogen and oxygen atoms in total. The molecule has 0 radical (unpaired) electrons. The first-order valence-electron chi connectivity index (χ1n) is 6.44. The number of likely N-dealkylation sites (tertiary alicyclic amines) is 1. The summed E-state index contributed by atoms with van der Waals surface area (Å²) < 4.78 is 14.0. The highest BCUT2D eigenvalue weighted by molar-refractivity contribution is 5.94. The first-order valence-corrected chi connectivity index (χ1v) is 6.44. The van der Waals surface area contributed by atoms with Crippen molar-refractivity contribution in [3.8, 4) is 0 Å². The minimum absolute atomic E-state index is 0.0291. The van der Waals surface area contributed by atoms with Crippen LogP contribution in [0.4, 0.5) is 10.1 Å². The number of piperidine rings is 1. The Morgan fingerprint density at radius 3 is 2.63 bits per heavy atom. The largest absolute Gasteiger partial charge is 0.478 e. The number of para-hydroxylation sites is 1. The topological polar surface area (TPSA) is 43.8 Å². The van der Waals surface area contributed by atoms with Crippen molar-refractivity contribution >= 4 is 11.7 Å².